The van der Waals surface area contributed by atoms with Crippen LogP contribution in [-0.4, -0.2) is 16.5 Å². The summed E-state index contributed by atoms with van der Waals surface area (Å²) >= 11 is 0. The van der Waals surface area contributed by atoms with Gasteiger partial charge in [-0.15, -0.1) is 0 Å². The van der Waals surface area contributed by atoms with Gasteiger partial charge in [0.2, 0.25) is 0 Å². The molecule has 0 aromatic carbocycles. The van der Waals surface area contributed by atoms with Gasteiger partial charge in [-0.1, -0.05) is 0 Å². The number of carbonyl (C=O) groups is 2. The summed E-state index contributed by atoms with van der Waals surface area (Å²) in [6.07, 6.45) is 1.45. The number of rotatable bonds is 1. The molecule has 0 radical (unpaired) electrons. The van der Waals surface area contributed by atoms with E-state index in [1.807, 2.05) is 0 Å². The van der Waals surface area contributed by atoms with Crippen LogP contribution in [0.25, 0.3) is 0 Å². The zero-order chi connectivity index (χ0) is 8.65. The first kappa shape index (κ1) is 15.7. The van der Waals surface area contributed by atoms with Gasteiger partial charge in [-0.25, -0.2) is 4.67 Å². The topological polar surface area (TPSA) is 101 Å². The third-order valence-corrected chi connectivity index (χ3v) is 1.92. The Kier molecular flexibility index (Phi) is 6.26. The summed E-state index contributed by atoms with van der Waals surface area (Å²) in [5, 5.41) is 0. The van der Waals surface area contributed by atoms with Gasteiger partial charge in [-0.05, 0) is 0 Å². The van der Waals surface area contributed by atoms with E-state index in [2.05, 4.69) is 0 Å². The van der Waals surface area contributed by atoms with E-state index in [0.29, 0.717) is 0 Å². The van der Waals surface area contributed by atoms with Crippen LogP contribution in [0.1, 0.15) is 0 Å². The quantitative estimate of drug-likeness (QED) is 0.231. The largest absolute Gasteiger partial charge is 1.00 e. The van der Waals surface area contributed by atoms with E-state index < -0.39 is 19.6 Å². The van der Waals surface area contributed by atoms with Crippen molar-refractivity contribution in [2.75, 3.05) is 0 Å². The van der Waals surface area contributed by atoms with Crippen molar-refractivity contribution in [3.63, 3.8) is 0 Å². The van der Waals surface area contributed by atoms with Crippen molar-refractivity contribution < 1.29 is 61.7 Å². The van der Waals surface area contributed by atoms with E-state index in [-0.39, 0.29) is 42.4 Å². The van der Waals surface area contributed by atoms with E-state index >= 15 is 0 Å². The maximum absolute atomic E-state index is 10.5. The Morgan fingerprint density at radius 2 is 1.38 bits per heavy atom. The molecule has 1 heterocycles. The van der Waals surface area contributed by atoms with Crippen LogP contribution in [0.5, 0.6) is 0 Å². The molecule has 0 aliphatic carbocycles. The standard InChI is InChI=1S/C4H4NO5P.2Li/c6-3-1-2-4(7)5(3)11(8,9)10;;/h1-2H,(H2,8,9,10);;/q;2*+1/p-2. The molecule has 9 heteroatoms. The predicted octanol–water partition coefficient (Wildman–Crippen LogP) is -8.25. The molecule has 0 atom stereocenters. The number of imide groups is 1. The molecule has 0 N–H and O–H groups in total. The van der Waals surface area contributed by atoms with E-state index in [0.717, 1.165) is 12.2 Å². The minimum Gasteiger partial charge on any atom is -0.794 e. The molecule has 0 spiro atoms. The van der Waals surface area contributed by atoms with Crippen molar-refractivity contribution in [1.29, 1.82) is 0 Å². The Balaban J connectivity index is 0. The predicted molar refractivity (Wildman–Crippen MR) is 28.6 cm³/mol. The summed E-state index contributed by atoms with van der Waals surface area (Å²) in [5.41, 5.74) is 0. The average Bonchev–Trinajstić information content (AvgIpc) is 2.08. The third-order valence-electron chi connectivity index (χ3n) is 1.03. The van der Waals surface area contributed by atoms with Crippen LogP contribution in [0, 0.1) is 0 Å². The van der Waals surface area contributed by atoms with Crippen LogP contribution in [0.4, 0.5) is 0 Å². The summed E-state index contributed by atoms with van der Waals surface area (Å²) in [6, 6.07) is 0. The van der Waals surface area contributed by atoms with E-state index in [1.165, 1.54) is 0 Å². The first-order valence-electron chi connectivity index (χ1n) is 2.51. The van der Waals surface area contributed by atoms with E-state index in [9.17, 15) is 23.9 Å². The zero-order valence-electron chi connectivity index (χ0n) is 7.09. The minimum absolute atomic E-state index is 0. The fourth-order valence-electron chi connectivity index (χ4n) is 0.634. The third kappa shape index (κ3) is 3.46. The molecule has 13 heavy (non-hydrogen) atoms. The first-order valence-corrected chi connectivity index (χ1v) is 4.01. The van der Waals surface area contributed by atoms with Gasteiger partial charge in [0.15, 0.2) is 0 Å². The molecule has 0 saturated carbocycles. The van der Waals surface area contributed by atoms with Crippen LogP contribution in [0.2, 0.25) is 0 Å². The fourth-order valence-corrected chi connectivity index (χ4v) is 1.25. The Morgan fingerprint density at radius 1 is 1.08 bits per heavy atom. The molecule has 0 saturated heterocycles. The molecule has 1 rings (SSSR count). The molecular formula is C4H2Li2NO5P. The molecule has 2 amide bonds. The van der Waals surface area contributed by atoms with Gasteiger partial charge in [0.1, 0.15) is 0 Å². The van der Waals surface area contributed by atoms with Gasteiger partial charge in [-0.2, -0.15) is 0 Å². The number of carbonyl (C=O) groups excluding carboxylic acids is 2. The van der Waals surface area contributed by atoms with E-state index in [1.54, 1.807) is 0 Å². The van der Waals surface area contributed by atoms with Gasteiger partial charge < -0.3 is 14.4 Å². The fraction of sp³-hybridized carbons (Fsp3) is 0. The molecule has 60 valence electrons. The van der Waals surface area contributed by atoms with Crippen LogP contribution in [0.3, 0.4) is 0 Å². The number of hydrogen-bond donors (Lipinski definition) is 0. The van der Waals surface area contributed by atoms with Crippen LogP contribution in [0.15, 0.2) is 12.2 Å². The Hall–Kier alpha value is 0.225. The van der Waals surface area contributed by atoms with Gasteiger partial charge in [-0.3, -0.25) is 9.59 Å². The first-order chi connectivity index (χ1) is 4.93. The maximum atomic E-state index is 10.5. The average molecular weight is 189 g/mol. The number of hydrogen-bond acceptors (Lipinski definition) is 5. The molecule has 0 aromatic rings. The summed E-state index contributed by atoms with van der Waals surface area (Å²) in [7, 11) is -5.25. The van der Waals surface area contributed by atoms with Crippen LogP contribution in [-0.2, 0) is 14.2 Å². The normalized spacial score (nSPS) is 15.4. The Labute approximate surface area is 97.9 Å². The monoisotopic (exact) mass is 189 g/mol. The zero-order valence-corrected chi connectivity index (χ0v) is 7.98. The summed E-state index contributed by atoms with van der Waals surface area (Å²) < 4.78 is 9.86. The van der Waals surface area contributed by atoms with Crippen molar-refractivity contribution in [3.05, 3.63) is 12.2 Å². The molecule has 0 fully saturated rings. The second-order valence-electron chi connectivity index (χ2n) is 1.79. The van der Waals surface area contributed by atoms with Gasteiger partial charge in [0.25, 0.3) is 11.8 Å². The van der Waals surface area contributed by atoms with Crippen molar-refractivity contribution >= 4 is 19.6 Å². The molecule has 6 nitrogen and oxygen atoms in total. The summed E-state index contributed by atoms with van der Waals surface area (Å²) in [5.74, 6) is -2.22. The summed E-state index contributed by atoms with van der Waals surface area (Å²) in [6.45, 7) is 0. The molecule has 1 aliphatic heterocycles. The number of amides is 2. The van der Waals surface area contributed by atoms with Crippen LogP contribution >= 0.6 is 7.75 Å². The maximum Gasteiger partial charge on any atom is 1.00 e. The molecular weight excluding hydrogens is 187 g/mol. The van der Waals surface area contributed by atoms with Gasteiger partial charge >= 0.3 is 37.7 Å². The van der Waals surface area contributed by atoms with Gasteiger partial charge in [0.05, 0.1) is 0 Å². The van der Waals surface area contributed by atoms with Crippen molar-refractivity contribution in [3.8, 4) is 0 Å². The SMILES string of the molecule is O=C1C=CC(=O)N1P(=O)([O-])[O-].[Li+].[Li+]. The number of nitrogens with zero attached hydrogens (tertiary/aromatic N) is 1. The molecule has 1 aliphatic rings. The molecule has 0 unspecified atom stereocenters. The second kappa shape index (κ2) is 5.19. The minimum atomic E-state index is -5.25. The van der Waals surface area contributed by atoms with E-state index in [4.69, 9.17) is 0 Å². The molecule has 0 aromatic heterocycles. The van der Waals surface area contributed by atoms with Crippen molar-refractivity contribution in [2.45, 2.75) is 0 Å². The Bertz CT molecular complexity index is 279. The summed E-state index contributed by atoms with van der Waals surface area (Å²) in [4.78, 5) is 41.3. The Morgan fingerprint density at radius 3 is 1.54 bits per heavy atom. The smallest absolute Gasteiger partial charge is 0.794 e. The van der Waals surface area contributed by atoms with Crippen LogP contribution < -0.4 is 47.5 Å². The molecule has 0 bridgehead atoms. The van der Waals surface area contributed by atoms with Crippen molar-refractivity contribution in [2.24, 2.45) is 0 Å². The second-order valence-corrected chi connectivity index (χ2v) is 3.13. The van der Waals surface area contributed by atoms with Crippen molar-refractivity contribution in [1.82, 2.24) is 4.67 Å². The van der Waals surface area contributed by atoms with Gasteiger partial charge in [0, 0.05) is 19.9 Å².